The van der Waals surface area contributed by atoms with Crippen LogP contribution in [0.25, 0.3) is 0 Å². The Hall–Kier alpha value is -2.03. The second kappa shape index (κ2) is 6.45. The van der Waals surface area contributed by atoms with Gasteiger partial charge in [0.1, 0.15) is 6.61 Å². The largest absolute Gasteiger partial charge is 0.496 e. The Kier molecular flexibility index (Phi) is 4.86. The van der Waals surface area contributed by atoms with Crippen LogP contribution in [0.5, 0.6) is 0 Å². The second-order valence-corrected chi connectivity index (χ2v) is 3.07. The van der Waals surface area contributed by atoms with Gasteiger partial charge in [-0.3, -0.25) is 0 Å². The first-order valence-corrected chi connectivity index (χ1v) is 4.84. The summed E-state index contributed by atoms with van der Waals surface area (Å²) in [6.07, 6.45) is 2.75. The lowest BCUT2D eigenvalue weighted by Crippen LogP contribution is -2.03. The maximum Gasteiger partial charge on any atom is 0.340 e. The Balaban J connectivity index is 2.53. The van der Waals surface area contributed by atoms with Crippen molar-refractivity contribution < 1.29 is 14.3 Å². The molecule has 0 aliphatic rings. The summed E-state index contributed by atoms with van der Waals surface area (Å²) in [7, 11) is 1.32. The molecule has 0 spiro atoms. The number of methoxy groups -OCH3 is 1. The van der Waals surface area contributed by atoms with Crippen LogP contribution in [-0.4, -0.2) is 13.1 Å². The van der Waals surface area contributed by atoms with Crippen molar-refractivity contribution in [3.8, 4) is 0 Å². The van der Waals surface area contributed by atoms with Crippen molar-refractivity contribution in [2.75, 3.05) is 7.11 Å². The summed E-state index contributed by atoms with van der Waals surface area (Å²) in [6, 6.07) is 9.68. The average Bonchev–Trinajstić information content (AvgIpc) is 2.35. The molecule has 0 fully saturated rings. The van der Waals surface area contributed by atoms with E-state index in [1.165, 1.54) is 19.4 Å². The van der Waals surface area contributed by atoms with Crippen LogP contribution in [0.2, 0.25) is 0 Å². The van der Waals surface area contributed by atoms with E-state index in [-0.39, 0.29) is 0 Å². The van der Waals surface area contributed by atoms with Gasteiger partial charge in [0.2, 0.25) is 0 Å². The molecule has 0 aromatic heterocycles. The molecule has 0 bridgehead atoms. The summed E-state index contributed by atoms with van der Waals surface area (Å²) < 4.78 is 9.81. The summed E-state index contributed by atoms with van der Waals surface area (Å²) in [5.41, 5.74) is 1.34. The lowest BCUT2D eigenvalue weighted by Gasteiger charge is -2.03. The third kappa shape index (κ3) is 3.61. The molecule has 0 aliphatic heterocycles. The molecule has 0 aliphatic carbocycles. The molecule has 0 saturated carbocycles. The van der Waals surface area contributed by atoms with Crippen LogP contribution in [0.4, 0.5) is 0 Å². The van der Waals surface area contributed by atoms with Gasteiger partial charge in [-0.1, -0.05) is 43.0 Å². The van der Waals surface area contributed by atoms with Crippen molar-refractivity contribution in [1.82, 2.24) is 0 Å². The predicted octanol–water partition coefficient (Wildman–Crippen LogP) is 2.45. The van der Waals surface area contributed by atoms with Gasteiger partial charge in [-0.2, -0.15) is 0 Å². The van der Waals surface area contributed by atoms with Crippen LogP contribution in [0.1, 0.15) is 5.56 Å². The minimum Gasteiger partial charge on any atom is -0.496 e. The van der Waals surface area contributed by atoms with E-state index in [2.05, 4.69) is 11.3 Å². The highest BCUT2D eigenvalue weighted by atomic mass is 16.5. The van der Waals surface area contributed by atoms with Gasteiger partial charge in [0.15, 0.2) is 0 Å². The average molecular weight is 218 g/mol. The molecule has 0 N–H and O–H groups in total. The molecule has 0 unspecified atom stereocenters. The monoisotopic (exact) mass is 218 g/mol. The zero-order valence-electron chi connectivity index (χ0n) is 9.18. The summed E-state index contributed by atoms with van der Waals surface area (Å²) in [5.74, 6) is -0.455. The van der Waals surface area contributed by atoms with E-state index in [0.717, 1.165) is 5.56 Å². The molecular weight excluding hydrogens is 204 g/mol. The number of benzene rings is 1. The number of carbonyl (C=O) groups excluding carboxylic acids is 1. The Bertz CT molecular complexity index is 379. The molecule has 3 heteroatoms. The summed E-state index contributed by atoms with van der Waals surface area (Å²) >= 11 is 0. The third-order valence-electron chi connectivity index (χ3n) is 1.94. The van der Waals surface area contributed by atoms with Crippen LogP contribution in [0.3, 0.4) is 0 Å². The maximum absolute atomic E-state index is 11.1. The Morgan fingerprint density at radius 1 is 1.38 bits per heavy atom. The van der Waals surface area contributed by atoms with Gasteiger partial charge in [0.25, 0.3) is 0 Å². The molecular formula is C13H14O3. The number of hydrogen-bond donors (Lipinski definition) is 0. The van der Waals surface area contributed by atoms with Crippen molar-refractivity contribution in [3.05, 3.63) is 60.4 Å². The Labute approximate surface area is 95.0 Å². The third-order valence-corrected chi connectivity index (χ3v) is 1.94. The highest BCUT2D eigenvalue weighted by molar-refractivity contribution is 5.90. The van der Waals surface area contributed by atoms with Crippen LogP contribution in [0, 0.1) is 0 Å². The van der Waals surface area contributed by atoms with Crippen molar-refractivity contribution in [3.63, 3.8) is 0 Å². The first kappa shape index (κ1) is 12.0. The fourth-order valence-electron chi connectivity index (χ4n) is 1.10. The van der Waals surface area contributed by atoms with Crippen LogP contribution >= 0.6 is 0 Å². The molecule has 16 heavy (non-hydrogen) atoms. The molecule has 0 saturated heterocycles. The van der Waals surface area contributed by atoms with Gasteiger partial charge in [0, 0.05) is 0 Å². The van der Waals surface area contributed by atoms with E-state index in [0.29, 0.717) is 12.2 Å². The molecule has 0 radical (unpaired) electrons. The van der Waals surface area contributed by atoms with Crippen molar-refractivity contribution in [2.45, 2.75) is 6.61 Å². The SMILES string of the molecule is C=C/C(=C\OCc1ccccc1)C(=O)OC. The van der Waals surface area contributed by atoms with E-state index < -0.39 is 5.97 Å². The van der Waals surface area contributed by atoms with E-state index in [4.69, 9.17) is 4.74 Å². The summed E-state index contributed by atoms with van der Waals surface area (Å²) in [5, 5.41) is 0. The number of rotatable bonds is 5. The number of hydrogen-bond acceptors (Lipinski definition) is 3. The van der Waals surface area contributed by atoms with Gasteiger partial charge in [0.05, 0.1) is 18.9 Å². The fourth-order valence-corrected chi connectivity index (χ4v) is 1.10. The minimum atomic E-state index is -0.455. The van der Waals surface area contributed by atoms with Gasteiger partial charge >= 0.3 is 5.97 Å². The quantitative estimate of drug-likeness (QED) is 0.329. The first-order chi connectivity index (χ1) is 7.77. The molecule has 0 atom stereocenters. The highest BCUT2D eigenvalue weighted by Gasteiger charge is 2.04. The van der Waals surface area contributed by atoms with E-state index in [1.807, 2.05) is 30.3 Å². The highest BCUT2D eigenvalue weighted by Crippen LogP contribution is 2.04. The summed E-state index contributed by atoms with van der Waals surface area (Å²) in [6.45, 7) is 3.92. The van der Waals surface area contributed by atoms with Crippen LogP contribution < -0.4 is 0 Å². The van der Waals surface area contributed by atoms with Crippen molar-refractivity contribution in [2.24, 2.45) is 0 Å². The molecule has 0 heterocycles. The lowest BCUT2D eigenvalue weighted by atomic mass is 10.2. The fraction of sp³-hybridized carbons (Fsp3) is 0.154. The van der Waals surface area contributed by atoms with E-state index >= 15 is 0 Å². The van der Waals surface area contributed by atoms with Crippen LogP contribution in [0.15, 0.2) is 54.8 Å². The topological polar surface area (TPSA) is 35.5 Å². The molecule has 1 aromatic rings. The zero-order valence-corrected chi connectivity index (χ0v) is 9.18. The first-order valence-electron chi connectivity index (χ1n) is 4.84. The molecule has 0 amide bonds. The Morgan fingerprint density at radius 2 is 2.06 bits per heavy atom. The number of ether oxygens (including phenoxy) is 2. The smallest absolute Gasteiger partial charge is 0.340 e. The minimum absolute atomic E-state index is 0.304. The number of esters is 1. The Morgan fingerprint density at radius 3 is 2.62 bits per heavy atom. The second-order valence-electron chi connectivity index (χ2n) is 3.07. The molecule has 84 valence electrons. The number of carbonyl (C=O) groups is 1. The van der Waals surface area contributed by atoms with Gasteiger partial charge in [-0.05, 0) is 5.56 Å². The molecule has 3 nitrogen and oxygen atoms in total. The van der Waals surface area contributed by atoms with Crippen molar-refractivity contribution in [1.29, 1.82) is 0 Å². The molecule has 1 aromatic carbocycles. The maximum atomic E-state index is 11.1. The van der Waals surface area contributed by atoms with Gasteiger partial charge < -0.3 is 9.47 Å². The van der Waals surface area contributed by atoms with E-state index in [9.17, 15) is 4.79 Å². The van der Waals surface area contributed by atoms with Gasteiger partial charge in [-0.15, -0.1) is 0 Å². The lowest BCUT2D eigenvalue weighted by molar-refractivity contribution is -0.135. The van der Waals surface area contributed by atoms with Crippen LogP contribution in [-0.2, 0) is 20.9 Å². The predicted molar refractivity (Wildman–Crippen MR) is 61.5 cm³/mol. The molecule has 1 rings (SSSR count). The van der Waals surface area contributed by atoms with Gasteiger partial charge in [-0.25, -0.2) is 4.79 Å². The normalized spacial score (nSPS) is 10.7. The zero-order chi connectivity index (χ0) is 11.8. The standard InChI is InChI=1S/C13H14O3/c1-3-12(13(14)15-2)10-16-9-11-7-5-4-6-8-11/h3-8,10H,1,9H2,2H3/b12-10+. The summed E-state index contributed by atoms with van der Waals surface area (Å²) in [4.78, 5) is 11.1. The van der Waals surface area contributed by atoms with E-state index in [1.54, 1.807) is 0 Å². The van der Waals surface area contributed by atoms with Crippen molar-refractivity contribution >= 4 is 5.97 Å².